The molecule has 1 aliphatic rings. The van der Waals surface area contributed by atoms with Gasteiger partial charge < -0.3 is 9.47 Å². The van der Waals surface area contributed by atoms with E-state index in [1.807, 2.05) is 0 Å². The third kappa shape index (κ3) is 2.92. The Kier molecular flexibility index (Phi) is 4.96. The number of rotatable bonds is 4. The molecule has 72 valence electrons. The van der Waals surface area contributed by atoms with Gasteiger partial charge in [-0.25, -0.2) is 0 Å². The summed E-state index contributed by atoms with van der Waals surface area (Å²) in [6, 6.07) is 0. The van der Waals surface area contributed by atoms with Gasteiger partial charge in [0.1, 0.15) is 0 Å². The van der Waals surface area contributed by atoms with Gasteiger partial charge in [0.2, 0.25) is 0 Å². The molecule has 0 radical (unpaired) electrons. The Bertz CT molecular complexity index is 110. The summed E-state index contributed by atoms with van der Waals surface area (Å²) in [5, 5.41) is 0. The van der Waals surface area contributed by atoms with Crippen LogP contribution in [0.3, 0.4) is 0 Å². The van der Waals surface area contributed by atoms with Crippen LogP contribution >= 0.6 is 11.6 Å². The summed E-state index contributed by atoms with van der Waals surface area (Å²) in [6.07, 6.45) is 2.28. The van der Waals surface area contributed by atoms with E-state index in [-0.39, 0.29) is 0 Å². The van der Waals surface area contributed by atoms with Crippen LogP contribution in [0.2, 0.25) is 0 Å². The van der Waals surface area contributed by atoms with E-state index in [1.54, 1.807) is 7.11 Å². The molecule has 1 saturated heterocycles. The van der Waals surface area contributed by atoms with Gasteiger partial charge in [0, 0.05) is 26.2 Å². The van der Waals surface area contributed by atoms with Crippen molar-refractivity contribution in [2.24, 2.45) is 11.8 Å². The number of halogens is 1. The van der Waals surface area contributed by atoms with Gasteiger partial charge in [-0.3, -0.25) is 0 Å². The summed E-state index contributed by atoms with van der Waals surface area (Å²) in [4.78, 5) is 0. The summed E-state index contributed by atoms with van der Waals surface area (Å²) in [6.45, 7) is 2.57. The largest absolute Gasteiger partial charge is 0.384 e. The van der Waals surface area contributed by atoms with E-state index in [2.05, 4.69) is 0 Å². The van der Waals surface area contributed by atoms with Gasteiger partial charge in [-0.2, -0.15) is 0 Å². The summed E-state index contributed by atoms with van der Waals surface area (Å²) in [7, 11) is 1.73. The fourth-order valence-electron chi connectivity index (χ4n) is 1.71. The lowest BCUT2D eigenvalue weighted by molar-refractivity contribution is 0.0314. The molecule has 0 spiro atoms. The van der Waals surface area contributed by atoms with Gasteiger partial charge in [0.05, 0.1) is 6.61 Å². The molecule has 3 heteroatoms. The Hall–Kier alpha value is 0.210. The lowest BCUT2D eigenvalue weighted by atomic mass is 9.88. The molecular formula is C9H17ClO2. The molecule has 0 aromatic carbocycles. The second-order valence-corrected chi connectivity index (χ2v) is 3.63. The molecule has 1 unspecified atom stereocenters. The molecule has 2 nitrogen and oxygen atoms in total. The summed E-state index contributed by atoms with van der Waals surface area (Å²) >= 11 is 5.86. The monoisotopic (exact) mass is 192 g/mol. The molecule has 12 heavy (non-hydrogen) atoms. The summed E-state index contributed by atoms with van der Waals surface area (Å²) in [5.41, 5.74) is 0. The minimum atomic E-state index is 0.514. The molecule has 0 aliphatic carbocycles. The van der Waals surface area contributed by atoms with E-state index >= 15 is 0 Å². The quantitative estimate of drug-likeness (QED) is 0.634. The highest BCUT2D eigenvalue weighted by atomic mass is 35.5. The van der Waals surface area contributed by atoms with Gasteiger partial charge in [0.25, 0.3) is 0 Å². The van der Waals surface area contributed by atoms with Crippen molar-refractivity contribution in [2.45, 2.75) is 12.8 Å². The Morgan fingerprint density at radius 2 is 2.17 bits per heavy atom. The number of ether oxygens (including phenoxy) is 2. The van der Waals surface area contributed by atoms with Crippen molar-refractivity contribution in [2.75, 3.05) is 32.8 Å². The second kappa shape index (κ2) is 5.79. The van der Waals surface area contributed by atoms with E-state index in [4.69, 9.17) is 21.1 Å². The predicted octanol–water partition coefficient (Wildman–Crippen LogP) is 1.91. The Morgan fingerprint density at radius 3 is 2.67 bits per heavy atom. The number of alkyl halides is 1. The average molecular weight is 193 g/mol. The number of methoxy groups -OCH3 is 1. The molecule has 1 fully saturated rings. The van der Waals surface area contributed by atoms with Crippen LogP contribution in [0.4, 0.5) is 0 Å². The SMILES string of the molecule is COCC(CCl)C1CCOCC1. The molecule has 0 saturated carbocycles. The van der Waals surface area contributed by atoms with Crippen LogP contribution in [-0.4, -0.2) is 32.8 Å². The highest BCUT2D eigenvalue weighted by Gasteiger charge is 2.22. The molecule has 0 amide bonds. The van der Waals surface area contributed by atoms with Crippen LogP contribution < -0.4 is 0 Å². The smallest absolute Gasteiger partial charge is 0.0504 e. The fraction of sp³-hybridized carbons (Fsp3) is 1.00. The maximum Gasteiger partial charge on any atom is 0.0504 e. The zero-order chi connectivity index (χ0) is 8.81. The Morgan fingerprint density at radius 1 is 1.50 bits per heavy atom. The topological polar surface area (TPSA) is 18.5 Å². The van der Waals surface area contributed by atoms with Gasteiger partial charge in [0.15, 0.2) is 0 Å². The lowest BCUT2D eigenvalue weighted by Crippen LogP contribution is -2.27. The van der Waals surface area contributed by atoms with E-state index in [0.717, 1.165) is 32.7 Å². The van der Waals surface area contributed by atoms with Crippen LogP contribution in [0.15, 0.2) is 0 Å². The van der Waals surface area contributed by atoms with E-state index in [1.165, 1.54) is 0 Å². The first kappa shape index (κ1) is 10.3. The third-order valence-corrected chi connectivity index (χ3v) is 2.91. The van der Waals surface area contributed by atoms with E-state index in [9.17, 15) is 0 Å². The van der Waals surface area contributed by atoms with Gasteiger partial charge in [-0.15, -0.1) is 11.6 Å². The van der Waals surface area contributed by atoms with Crippen molar-refractivity contribution in [3.63, 3.8) is 0 Å². The minimum absolute atomic E-state index is 0.514. The van der Waals surface area contributed by atoms with Crippen LogP contribution in [0.1, 0.15) is 12.8 Å². The second-order valence-electron chi connectivity index (χ2n) is 3.32. The molecule has 0 aromatic rings. The van der Waals surface area contributed by atoms with Gasteiger partial charge in [-0.05, 0) is 24.7 Å². The van der Waals surface area contributed by atoms with Crippen LogP contribution in [0.25, 0.3) is 0 Å². The Labute approximate surface area is 79.2 Å². The van der Waals surface area contributed by atoms with Crippen LogP contribution in [0.5, 0.6) is 0 Å². The van der Waals surface area contributed by atoms with Crippen molar-refractivity contribution in [3.8, 4) is 0 Å². The number of hydrogen-bond donors (Lipinski definition) is 0. The van der Waals surface area contributed by atoms with E-state index in [0.29, 0.717) is 17.7 Å². The Balaban J connectivity index is 2.29. The molecule has 0 bridgehead atoms. The maximum atomic E-state index is 5.86. The van der Waals surface area contributed by atoms with Crippen LogP contribution in [-0.2, 0) is 9.47 Å². The van der Waals surface area contributed by atoms with Crippen molar-refractivity contribution < 1.29 is 9.47 Å². The molecule has 1 rings (SSSR count). The van der Waals surface area contributed by atoms with Crippen molar-refractivity contribution in [3.05, 3.63) is 0 Å². The average Bonchev–Trinajstić information content (AvgIpc) is 2.15. The van der Waals surface area contributed by atoms with E-state index < -0.39 is 0 Å². The number of hydrogen-bond acceptors (Lipinski definition) is 2. The first-order valence-corrected chi connectivity index (χ1v) is 5.04. The molecule has 1 heterocycles. The third-order valence-electron chi connectivity index (χ3n) is 2.51. The zero-order valence-corrected chi connectivity index (χ0v) is 8.35. The maximum absolute atomic E-state index is 5.86. The van der Waals surface area contributed by atoms with Gasteiger partial charge in [-0.1, -0.05) is 0 Å². The molecule has 0 N–H and O–H groups in total. The minimum Gasteiger partial charge on any atom is -0.384 e. The van der Waals surface area contributed by atoms with Gasteiger partial charge >= 0.3 is 0 Å². The molecule has 1 atom stereocenters. The fourth-order valence-corrected chi connectivity index (χ4v) is 2.05. The van der Waals surface area contributed by atoms with Crippen molar-refractivity contribution in [1.82, 2.24) is 0 Å². The molecule has 0 aromatic heterocycles. The molecule has 1 aliphatic heterocycles. The van der Waals surface area contributed by atoms with Crippen molar-refractivity contribution in [1.29, 1.82) is 0 Å². The first-order chi connectivity index (χ1) is 5.88. The lowest BCUT2D eigenvalue weighted by Gasteiger charge is -2.28. The normalized spacial score (nSPS) is 22.5. The molecular weight excluding hydrogens is 176 g/mol. The first-order valence-electron chi connectivity index (χ1n) is 4.51. The predicted molar refractivity (Wildman–Crippen MR) is 49.6 cm³/mol. The highest BCUT2D eigenvalue weighted by molar-refractivity contribution is 6.18. The highest BCUT2D eigenvalue weighted by Crippen LogP contribution is 2.24. The summed E-state index contributed by atoms with van der Waals surface area (Å²) < 4.78 is 10.4. The van der Waals surface area contributed by atoms with Crippen LogP contribution in [0, 0.1) is 11.8 Å². The van der Waals surface area contributed by atoms with Crippen molar-refractivity contribution >= 4 is 11.6 Å². The standard InChI is InChI=1S/C9H17ClO2/c1-11-7-9(6-10)8-2-4-12-5-3-8/h8-9H,2-7H2,1H3. The summed E-state index contributed by atoms with van der Waals surface area (Å²) in [5.74, 6) is 1.93. The zero-order valence-electron chi connectivity index (χ0n) is 7.59.